The Balaban J connectivity index is 1.94. The summed E-state index contributed by atoms with van der Waals surface area (Å²) in [6.07, 6.45) is 9.52. The summed E-state index contributed by atoms with van der Waals surface area (Å²) in [6, 6.07) is 10.3. The summed E-state index contributed by atoms with van der Waals surface area (Å²) in [5, 5.41) is 3.93. The number of aryl methyl sites for hydroxylation is 1. The standard InChI is InChI=1S/C19H31N/c1-4-16-7-6-8-18(14-11-16)20-19(5-2)17-12-9-15(3)10-13-17/h9-10,12-13,16,18-20H,4-8,11,14H2,1-3H3. The maximum absolute atomic E-state index is 3.93. The first-order chi connectivity index (χ1) is 9.72. The zero-order chi connectivity index (χ0) is 14.4. The van der Waals surface area contributed by atoms with Crippen molar-refractivity contribution in [1.29, 1.82) is 0 Å². The maximum atomic E-state index is 3.93. The fourth-order valence-electron chi connectivity index (χ4n) is 3.49. The quantitative estimate of drug-likeness (QED) is 0.709. The van der Waals surface area contributed by atoms with Crippen molar-refractivity contribution in [1.82, 2.24) is 5.32 Å². The zero-order valence-electron chi connectivity index (χ0n) is 13.5. The molecule has 0 spiro atoms. The van der Waals surface area contributed by atoms with Crippen molar-refractivity contribution in [3.05, 3.63) is 35.4 Å². The number of rotatable bonds is 5. The van der Waals surface area contributed by atoms with Crippen LogP contribution in [0.15, 0.2) is 24.3 Å². The lowest BCUT2D eigenvalue weighted by molar-refractivity contribution is 0.382. The predicted octanol–water partition coefficient (Wildman–Crippen LogP) is 5.39. The molecule has 1 fully saturated rings. The predicted molar refractivity (Wildman–Crippen MR) is 88.0 cm³/mol. The van der Waals surface area contributed by atoms with Gasteiger partial charge in [0.2, 0.25) is 0 Å². The topological polar surface area (TPSA) is 12.0 Å². The fraction of sp³-hybridized carbons (Fsp3) is 0.684. The summed E-state index contributed by atoms with van der Waals surface area (Å²) < 4.78 is 0. The van der Waals surface area contributed by atoms with Crippen LogP contribution in [0.5, 0.6) is 0 Å². The second-order valence-corrected chi connectivity index (χ2v) is 6.52. The van der Waals surface area contributed by atoms with Gasteiger partial charge in [-0.2, -0.15) is 0 Å². The lowest BCUT2D eigenvalue weighted by atomic mass is 9.97. The summed E-state index contributed by atoms with van der Waals surface area (Å²) in [4.78, 5) is 0. The Kier molecular flexibility index (Phi) is 6.09. The number of benzene rings is 1. The Hall–Kier alpha value is -0.820. The molecule has 0 heterocycles. The monoisotopic (exact) mass is 273 g/mol. The minimum atomic E-state index is 0.527. The minimum absolute atomic E-state index is 0.527. The Morgan fingerprint density at radius 3 is 2.45 bits per heavy atom. The molecule has 3 atom stereocenters. The van der Waals surface area contributed by atoms with Crippen molar-refractivity contribution in [2.24, 2.45) is 5.92 Å². The maximum Gasteiger partial charge on any atom is 0.0320 e. The van der Waals surface area contributed by atoms with Gasteiger partial charge in [0.1, 0.15) is 0 Å². The average molecular weight is 273 g/mol. The molecular formula is C19H31N. The molecule has 1 saturated carbocycles. The molecule has 1 aromatic rings. The van der Waals surface area contributed by atoms with Crippen molar-refractivity contribution in [3.63, 3.8) is 0 Å². The molecule has 2 rings (SSSR count). The van der Waals surface area contributed by atoms with E-state index in [2.05, 4.69) is 50.4 Å². The van der Waals surface area contributed by atoms with Gasteiger partial charge in [0, 0.05) is 12.1 Å². The van der Waals surface area contributed by atoms with Crippen molar-refractivity contribution in [2.45, 2.75) is 77.8 Å². The summed E-state index contributed by atoms with van der Waals surface area (Å²) in [7, 11) is 0. The van der Waals surface area contributed by atoms with Crippen molar-refractivity contribution in [2.75, 3.05) is 0 Å². The van der Waals surface area contributed by atoms with Gasteiger partial charge in [-0.25, -0.2) is 0 Å². The first-order valence-corrected chi connectivity index (χ1v) is 8.55. The second-order valence-electron chi connectivity index (χ2n) is 6.52. The van der Waals surface area contributed by atoms with E-state index in [1.807, 2.05) is 0 Å². The van der Waals surface area contributed by atoms with Crippen LogP contribution in [0.2, 0.25) is 0 Å². The molecule has 20 heavy (non-hydrogen) atoms. The average Bonchev–Trinajstić information content (AvgIpc) is 2.71. The molecule has 3 unspecified atom stereocenters. The largest absolute Gasteiger partial charge is 0.307 e. The zero-order valence-corrected chi connectivity index (χ0v) is 13.5. The molecule has 0 aliphatic heterocycles. The van der Waals surface area contributed by atoms with Gasteiger partial charge in [-0.15, -0.1) is 0 Å². The Bertz CT molecular complexity index is 381. The number of nitrogens with one attached hydrogen (secondary N) is 1. The lowest BCUT2D eigenvalue weighted by Crippen LogP contribution is -2.32. The summed E-state index contributed by atoms with van der Waals surface area (Å²) >= 11 is 0. The van der Waals surface area contributed by atoms with Crippen LogP contribution in [0, 0.1) is 12.8 Å². The van der Waals surface area contributed by atoms with E-state index >= 15 is 0 Å². The van der Waals surface area contributed by atoms with E-state index < -0.39 is 0 Å². The van der Waals surface area contributed by atoms with Crippen molar-refractivity contribution >= 4 is 0 Å². The Morgan fingerprint density at radius 1 is 1.05 bits per heavy atom. The van der Waals surface area contributed by atoms with Gasteiger partial charge < -0.3 is 5.32 Å². The Labute approximate surface area is 125 Å². The highest BCUT2D eigenvalue weighted by Crippen LogP contribution is 2.27. The molecule has 1 aliphatic rings. The molecule has 0 saturated heterocycles. The minimum Gasteiger partial charge on any atom is -0.307 e. The van der Waals surface area contributed by atoms with Gasteiger partial charge in [0.05, 0.1) is 0 Å². The molecular weight excluding hydrogens is 242 g/mol. The van der Waals surface area contributed by atoms with Gasteiger partial charge in [-0.1, -0.05) is 62.9 Å². The van der Waals surface area contributed by atoms with Gasteiger partial charge in [0.25, 0.3) is 0 Å². The molecule has 0 radical (unpaired) electrons. The second kappa shape index (κ2) is 7.83. The lowest BCUT2D eigenvalue weighted by Gasteiger charge is -2.25. The number of hydrogen-bond acceptors (Lipinski definition) is 1. The van der Waals surface area contributed by atoms with Gasteiger partial charge >= 0.3 is 0 Å². The van der Waals surface area contributed by atoms with Gasteiger partial charge in [-0.05, 0) is 44.1 Å². The van der Waals surface area contributed by atoms with Crippen molar-refractivity contribution in [3.8, 4) is 0 Å². The highest BCUT2D eigenvalue weighted by molar-refractivity contribution is 5.24. The van der Waals surface area contributed by atoms with Crippen LogP contribution >= 0.6 is 0 Å². The van der Waals surface area contributed by atoms with E-state index in [0.29, 0.717) is 6.04 Å². The summed E-state index contributed by atoms with van der Waals surface area (Å²) in [6.45, 7) is 6.80. The molecule has 1 nitrogen and oxygen atoms in total. The van der Waals surface area contributed by atoms with Crippen molar-refractivity contribution < 1.29 is 0 Å². The molecule has 1 heteroatoms. The fourth-order valence-corrected chi connectivity index (χ4v) is 3.49. The van der Waals surface area contributed by atoms with Crippen LogP contribution in [0.25, 0.3) is 0 Å². The first kappa shape index (κ1) is 15.6. The summed E-state index contributed by atoms with van der Waals surface area (Å²) in [5.41, 5.74) is 2.80. The van der Waals surface area contributed by atoms with Crippen LogP contribution in [0.4, 0.5) is 0 Å². The molecule has 1 aromatic carbocycles. The van der Waals surface area contributed by atoms with E-state index in [-0.39, 0.29) is 0 Å². The summed E-state index contributed by atoms with van der Waals surface area (Å²) in [5.74, 6) is 0.973. The normalized spacial score (nSPS) is 25.1. The van der Waals surface area contributed by atoms with E-state index in [1.165, 1.54) is 56.1 Å². The molecule has 112 valence electrons. The molecule has 1 N–H and O–H groups in total. The number of hydrogen-bond donors (Lipinski definition) is 1. The van der Waals surface area contributed by atoms with Gasteiger partial charge in [-0.3, -0.25) is 0 Å². The molecule has 0 bridgehead atoms. The third kappa shape index (κ3) is 4.34. The molecule has 1 aliphatic carbocycles. The third-order valence-electron chi connectivity index (χ3n) is 4.99. The van der Waals surface area contributed by atoms with Crippen LogP contribution in [0.1, 0.15) is 76.0 Å². The van der Waals surface area contributed by atoms with Crippen LogP contribution < -0.4 is 5.32 Å². The molecule has 0 aromatic heterocycles. The van der Waals surface area contributed by atoms with Crippen LogP contribution in [0.3, 0.4) is 0 Å². The Morgan fingerprint density at radius 2 is 1.80 bits per heavy atom. The van der Waals surface area contributed by atoms with E-state index in [4.69, 9.17) is 0 Å². The smallest absolute Gasteiger partial charge is 0.0320 e. The van der Waals surface area contributed by atoms with Crippen LogP contribution in [-0.2, 0) is 0 Å². The third-order valence-corrected chi connectivity index (χ3v) is 4.99. The van der Waals surface area contributed by atoms with E-state index in [9.17, 15) is 0 Å². The highest BCUT2D eigenvalue weighted by Gasteiger charge is 2.20. The van der Waals surface area contributed by atoms with E-state index in [1.54, 1.807) is 0 Å². The molecule has 0 amide bonds. The van der Waals surface area contributed by atoms with E-state index in [0.717, 1.165) is 12.0 Å². The SMILES string of the molecule is CCC1CCCC(NC(CC)c2ccc(C)cc2)CC1. The van der Waals surface area contributed by atoms with Crippen LogP contribution in [-0.4, -0.2) is 6.04 Å². The highest BCUT2D eigenvalue weighted by atomic mass is 14.9. The first-order valence-electron chi connectivity index (χ1n) is 8.55. The van der Waals surface area contributed by atoms with Gasteiger partial charge in [0.15, 0.2) is 0 Å².